The molecule has 0 bridgehead atoms. The van der Waals surface area contributed by atoms with Crippen LogP contribution in [-0.4, -0.2) is 17.4 Å². The normalized spacial score (nSPS) is 12.0. The van der Waals surface area contributed by atoms with Crippen molar-refractivity contribution in [1.82, 2.24) is 0 Å². The summed E-state index contributed by atoms with van der Waals surface area (Å²) >= 11 is 3.65. The van der Waals surface area contributed by atoms with Crippen LogP contribution in [0.25, 0.3) is 0 Å². The highest BCUT2D eigenvalue weighted by molar-refractivity contribution is 9.08. The van der Waals surface area contributed by atoms with Gasteiger partial charge in [-0.15, -0.1) is 0 Å². The van der Waals surface area contributed by atoms with Crippen LogP contribution in [0.15, 0.2) is 47.4 Å². The maximum Gasteiger partial charge on any atom is 0.124 e. The Bertz CT molecular complexity index is 903. The van der Waals surface area contributed by atoms with E-state index in [-0.39, 0.29) is 0 Å². The quantitative estimate of drug-likeness (QED) is 0.0864. The van der Waals surface area contributed by atoms with E-state index in [2.05, 4.69) is 41.9 Å². The lowest BCUT2D eigenvalue weighted by Gasteiger charge is -2.17. The number of rotatable bonds is 24. The van der Waals surface area contributed by atoms with Gasteiger partial charge in [-0.25, -0.2) is 0 Å². The van der Waals surface area contributed by atoms with Crippen molar-refractivity contribution in [1.29, 1.82) is 0 Å². The summed E-state index contributed by atoms with van der Waals surface area (Å²) in [6, 6.07) is 13.9. The number of halogens is 1. The van der Waals surface area contributed by atoms with Gasteiger partial charge >= 0.3 is 0 Å². The van der Waals surface area contributed by atoms with Crippen LogP contribution in [0.4, 0.5) is 0 Å². The Hall–Kier alpha value is -1.33. The fraction of sp³-hybridized carbons (Fsp3) is 0.647. The van der Waals surface area contributed by atoms with Crippen molar-refractivity contribution < 1.29 is 13.7 Å². The van der Waals surface area contributed by atoms with Crippen LogP contribution in [-0.2, 0) is 21.9 Å². The standard InChI is InChI=1S/C34H53BrO3S/c1-3-5-7-9-11-13-15-20-24-37-33-27-31(29-39(36)32-22-18-17-19-23-32)34(26-30(33)28-35)38-25-21-16-14-12-10-8-6-4-2/h17-19,22-23,26-27H,3-16,20-21,24-25,28-29H2,1-2H3. The molecule has 0 saturated carbocycles. The van der Waals surface area contributed by atoms with Gasteiger partial charge in [-0.05, 0) is 37.1 Å². The topological polar surface area (TPSA) is 35.5 Å². The third-order valence-electron chi connectivity index (χ3n) is 7.19. The third-order valence-corrected chi connectivity index (χ3v) is 9.17. The lowest BCUT2D eigenvalue weighted by molar-refractivity contribution is 0.292. The van der Waals surface area contributed by atoms with Crippen LogP contribution >= 0.6 is 15.9 Å². The van der Waals surface area contributed by atoms with Crippen LogP contribution in [0.3, 0.4) is 0 Å². The Morgan fingerprint density at radius 2 is 1.05 bits per heavy atom. The highest BCUT2D eigenvalue weighted by Crippen LogP contribution is 2.33. The SMILES string of the molecule is CCCCCCCCCCOc1cc(CS(=O)c2ccccc2)c(OCCCCCCCCCC)cc1CBr. The second kappa shape index (κ2) is 22.4. The molecular weight excluding hydrogens is 568 g/mol. The number of ether oxygens (including phenoxy) is 2. The molecule has 0 aliphatic carbocycles. The minimum absolute atomic E-state index is 0.424. The molecule has 1 unspecified atom stereocenters. The van der Waals surface area contributed by atoms with Crippen molar-refractivity contribution in [3.8, 4) is 11.5 Å². The Balaban J connectivity index is 1.95. The molecule has 0 spiro atoms. The van der Waals surface area contributed by atoms with Crippen molar-refractivity contribution in [2.24, 2.45) is 0 Å². The van der Waals surface area contributed by atoms with Gasteiger partial charge in [0, 0.05) is 21.4 Å². The average Bonchev–Trinajstić information content (AvgIpc) is 2.96. The molecule has 1 atom stereocenters. The van der Waals surface area contributed by atoms with Gasteiger partial charge < -0.3 is 9.47 Å². The molecule has 0 aliphatic heterocycles. The van der Waals surface area contributed by atoms with Crippen LogP contribution in [0.5, 0.6) is 11.5 Å². The second-order valence-electron chi connectivity index (χ2n) is 10.7. The molecule has 0 aromatic heterocycles. The lowest BCUT2D eigenvalue weighted by atomic mass is 10.1. The highest BCUT2D eigenvalue weighted by atomic mass is 79.9. The summed E-state index contributed by atoms with van der Waals surface area (Å²) < 4.78 is 25.8. The predicted molar refractivity (Wildman–Crippen MR) is 172 cm³/mol. The minimum Gasteiger partial charge on any atom is -0.493 e. The zero-order chi connectivity index (χ0) is 28.0. The van der Waals surface area contributed by atoms with E-state index in [0.29, 0.717) is 24.3 Å². The molecule has 0 heterocycles. The van der Waals surface area contributed by atoms with Crippen molar-refractivity contribution in [3.63, 3.8) is 0 Å². The molecule has 0 N–H and O–H groups in total. The number of benzene rings is 2. The molecular formula is C34H53BrO3S. The molecule has 2 aromatic carbocycles. The summed E-state index contributed by atoms with van der Waals surface area (Å²) in [5.74, 6) is 2.15. The van der Waals surface area contributed by atoms with Gasteiger partial charge in [0.2, 0.25) is 0 Å². The van der Waals surface area contributed by atoms with Gasteiger partial charge in [0.1, 0.15) is 11.5 Å². The van der Waals surface area contributed by atoms with Gasteiger partial charge in [0.05, 0.1) is 29.8 Å². The van der Waals surface area contributed by atoms with Gasteiger partial charge in [-0.2, -0.15) is 0 Å². The molecule has 3 nitrogen and oxygen atoms in total. The van der Waals surface area contributed by atoms with Gasteiger partial charge in [0.15, 0.2) is 0 Å². The van der Waals surface area contributed by atoms with E-state index in [1.807, 2.05) is 30.3 Å². The fourth-order valence-corrected chi connectivity index (χ4v) is 6.34. The molecule has 5 heteroatoms. The van der Waals surface area contributed by atoms with E-state index in [0.717, 1.165) is 40.4 Å². The van der Waals surface area contributed by atoms with E-state index in [4.69, 9.17) is 9.47 Å². The molecule has 0 aliphatic rings. The molecule has 0 saturated heterocycles. The van der Waals surface area contributed by atoms with Gasteiger partial charge in [-0.3, -0.25) is 4.21 Å². The molecule has 0 radical (unpaired) electrons. The van der Waals surface area contributed by atoms with E-state index in [9.17, 15) is 4.21 Å². The summed E-state index contributed by atoms with van der Waals surface area (Å²) in [6.45, 7) is 5.94. The molecule has 0 fully saturated rings. The Morgan fingerprint density at radius 1 is 0.615 bits per heavy atom. The van der Waals surface area contributed by atoms with Crippen molar-refractivity contribution in [2.75, 3.05) is 13.2 Å². The number of alkyl halides is 1. The minimum atomic E-state index is -1.14. The lowest BCUT2D eigenvalue weighted by Crippen LogP contribution is -2.06. The molecule has 2 aromatic rings. The van der Waals surface area contributed by atoms with Gasteiger partial charge in [0.25, 0.3) is 0 Å². The van der Waals surface area contributed by atoms with E-state index >= 15 is 0 Å². The Kier molecular flexibility index (Phi) is 19.4. The summed E-state index contributed by atoms with van der Waals surface area (Å²) in [7, 11) is -1.14. The van der Waals surface area contributed by atoms with Crippen molar-refractivity contribution in [2.45, 2.75) is 133 Å². The Labute approximate surface area is 250 Å². The predicted octanol–water partition coefficient (Wildman–Crippen LogP) is 10.9. The van der Waals surface area contributed by atoms with Crippen LogP contribution in [0, 0.1) is 0 Å². The first kappa shape index (κ1) is 33.9. The summed E-state index contributed by atoms with van der Waals surface area (Å²) in [4.78, 5) is 0.845. The fourth-order valence-electron chi connectivity index (χ4n) is 4.76. The zero-order valence-corrected chi connectivity index (χ0v) is 27.1. The third kappa shape index (κ3) is 14.7. The maximum atomic E-state index is 13.2. The second-order valence-corrected chi connectivity index (χ2v) is 12.7. The zero-order valence-electron chi connectivity index (χ0n) is 24.7. The van der Waals surface area contributed by atoms with Gasteiger partial charge in [-0.1, -0.05) is 138 Å². The largest absolute Gasteiger partial charge is 0.493 e. The first-order valence-electron chi connectivity index (χ1n) is 15.6. The number of unbranched alkanes of at least 4 members (excludes halogenated alkanes) is 14. The molecule has 0 amide bonds. The summed E-state index contributed by atoms with van der Waals surface area (Å²) in [5, 5.41) is 0.704. The molecule has 2 rings (SSSR count). The van der Waals surface area contributed by atoms with Crippen molar-refractivity contribution in [3.05, 3.63) is 53.6 Å². The number of hydrogen-bond donors (Lipinski definition) is 0. The molecule has 220 valence electrons. The van der Waals surface area contributed by atoms with Crippen LogP contribution < -0.4 is 9.47 Å². The average molecular weight is 622 g/mol. The van der Waals surface area contributed by atoms with E-state index in [1.54, 1.807) is 0 Å². The summed E-state index contributed by atoms with van der Waals surface area (Å²) in [5.41, 5.74) is 2.06. The summed E-state index contributed by atoms with van der Waals surface area (Å²) in [6.07, 6.45) is 20.5. The van der Waals surface area contributed by atoms with E-state index in [1.165, 1.54) is 89.9 Å². The van der Waals surface area contributed by atoms with Crippen LogP contribution in [0.2, 0.25) is 0 Å². The maximum absolute atomic E-state index is 13.2. The molecule has 39 heavy (non-hydrogen) atoms. The smallest absolute Gasteiger partial charge is 0.124 e. The van der Waals surface area contributed by atoms with E-state index < -0.39 is 10.8 Å². The Morgan fingerprint density at radius 3 is 1.54 bits per heavy atom. The monoisotopic (exact) mass is 620 g/mol. The first-order valence-corrected chi connectivity index (χ1v) is 18.0. The highest BCUT2D eigenvalue weighted by Gasteiger charge is 2.15. The van der Waals surface area contributed by atoms with Crippen molar-refractivity contribution >= 4 is 26.7 Å². The number of hydrogen-bond acceptors (Lipinski definition) is 3. The van der Waals surface area contributed by atoms with Crippen LogP contribution in [0.1, 0.15) is 128 Å². The first-order chi connectivity index (χ1) is 19.2.